The smallest absolute Gasteiger partial charge is 0.122 e. The number of hydrogen-bond acceptors (Lipinski definition) is 2. The van der Waals surface area contributed by atoms with Crippen molar-refractivity contribution < 1.29 is 4.74 Å². The van der Waals surface area contributed by atoms with Crippen molar-refractivity contribution in [1.82, 2.24) is 5.32 Å². The van der Waals surface area contributed by atoms with Crippen molar-refractivity contribution in [3.05, 3.63) is 65.2 Å². The van der Waals surface area contributed by atoms with E-state index in [-0.39, 0.29) is 12.4 Å². The van der Waals surface area contributed by atoms with Crippen LogP contribution < -0.4 is 10.1 Å². The average Bonchev–Trinajstić information content (AvgIpc) is 2.52. The minimum atomic E-state index is 0. The Hall–Kier alpha value is -1.51. The average molecular weight is 334 g/mol. The first-order valence-corrected chi connectivity index (χ1v) is 8.04. The summed E-state index contributed by atoms with van der Waals surface area (Å²) in [5.74, 6) is 1.33. The third kappa shape index (κ3) is 5.56. The maximum absolute atomic E-state index is 5.61. The first-order chi connectivity index (χ1) is 10.6. The van der Waals surface area contributed by atoms with Crippen LogP contribution in [0.1, 0.15) is 42.9 Å². The van der Waals surface area contributed by atoms with Gasteiger partial charge in [-0.15, -0.1) is 12.4 Å². The van der Waals surface area contributed by atoms with Gasteiger partial charge in [-0.3, -0.25) is 0 Å². The molecule has 0 amide bonds. The summed E-state index contributed by atoms with van der Waals surface area (Å²) in [5, 5.41) is 3.53. The van der Waals surface area contributed by atoms with Crippen molar-refractivity contribution in [2.24, 2.45) is 0 Å². The third-order valence-electron chi connectivity index (χ3n) is 3.95. The molecule has 126 valence electrons. The SMILES string of the molecule is COc1ccc(C)cc1C(CCNC(C)C)c1ccccc1.Cl. The lowest BCUT2D eigenvalue weighted by molar-refractivity contribution is 0.405. The molecule has 23 heavy (non-hydrogen) atoms. The highest BCUT2D eigenvalue weighted by molar-refractivity contribution is 5.85. The third-order valence-corrected chi connectivity index (χ3v) is 3.95. The fourth-order valence-electron chi connectivity index (χ4n) is 2.83. The van der Waals surface area contributed by atoms with Crippen molar-refractivity contribution in [2.45, 2.75) is 39.2 Å². The molecule has 3 heteroatoms. The molecule has 1 unspecified atom stereocenters. The van der Waals surface area contributed by atoms with E-state index in [1.165, 1.54) is 16.7 Å². The Morgan fingerprint density at radius 1 is 1.04 bits per heavy atom. The molecule has 0 radical (unpaired) electrons. The predicted molar refractivity (Wildman–Crippen MR) is 101 cm³/mol. The fourth-order valence-corrected chi connectivity index (χ4v) is 2.83. The number of hydrogen-bond donors (Lipinski definition) is 1. The van der Waals surface area contributed by atoms with E-state index < -0.39 is 0 Å². The summed E-state index contributed by atoms with van der Waals surface area (Å²) >= 11 is 0. The summed E-state index contributed by atoms with van der Waals surface area (Å²) in [5.41, 5.74) is 3.89. The lowest BCUT2D eigenvalue weighted by Gasteiger charge is -2.22. The molecule has 0 saturated carbocycles. The molecule has 0 aromatic heterocycles. The topological polar surface area (TPSA) is 21.3 Å². The summed E-state index contributed by atoms with van der Waals surface area (Å²) in [6, 6.07) is 17.7. The summed E-state index contributed by atoms with van der Waals surface area (Å²) in [7, 11) is 1.75. The van der Waals surface area contributed by atoms with Gasteiger partial charge in [0, 0.05) is 17.5 Å². The van der Waals surface area contributed by atoms with E-state index in [1.54, 1.807) is 7.11 Å². The Labute approximate surface area is 146 Å². The zero-order valence-electron chi connectivity index (χ0n) is 14.5. The number of aryl methyl sites for hydroxylation is 1. The second kappa shape index (κ2) is 9.59. The summed E-state index contributed by atoms with van der Waals surface area (Å²) < 4.78 is 5.61. The quantitative estimate of drug-likeness (QED) is 0.774. The molecule has 2 aromatic carbocycles. The van der Waals surface area contributed by atoms with Crippen molar-refractivity contribution in [3.63, 3.8) is 0 Å². The van der Waals surface area contributed by atoms with E-state index >= 15 is 0 Å². The molecule has 0 heterocycles. The monoisotopic (exact) mass is 333 g/mol. The minimum Gasteiger partial charge on any atom is -0.496 e. The van der Waals surface area contributed by atoms with Crippen LogP contribution in [-0.4, -0.2) is 19.7 Å². The van der Waals surface area contributed by atoms with Crippen LogP contribution in [0.15, 0.2) is 48.5 Å². The number of benzene rings is 2. The van der Waals surface area contributed by atoms with Crippen LogP contribution in [0.4, 0.5) is 0 Å². The molecule has 1 atom stereocenters. The molecule has 2 aromatic rings. The molecule has 2 nitrogen and oxygen atoms in total. The van der Waals surface area contributed by atoms with Crippen LogP contribution in [0, 0.1) is 6.92 Å². The molecule has 0 saturated heterocycles. The van der Waals surface area contributed by atoms with E-state index in [9.17, 15) is 0 Å². The Kier molecular flexibility index (Phi) is 8.15. The fraction of sp³-hybridized carbons (Fsp3) is 0.400. The number of ether oxygens (including phenoxy) is 1. The van der Waals surface area contributed by atoms with Gasteiger partial charge in [-0.2, -0.15) is 0 Å². The van der Waals surface area contributed by atoms with Gasteiger partial charge in [-0.05, 0) is 31.5 Å². The van der Waals surface area contributed by atoms with Crippen molar-refractivity contribution in [3.8, 4) is 5.75 Å². The molecular formula is C20H28ClNO. The maximum Gasteiger partial charge on any atom is 0.122 e. The van der Waals surface area contributed by atoms with Gasteiger partial charge in [0.2, 0.25) is 0 Å². The standard InChI is InChI=1S/C20H27NO.ClH/c1-15(2)21-13-12-18(17-8-6-5-7-9-17)19-14-16(3)10-11-20(19)22-4;/h5-11,14-15,18,21H,12-13H2,1-4H3;1H. The maximum atomic E-state index is 5.61. The number of methoxy groups -OCH3 is 1. The summed E-state index contributed by atoms with van der Waals surface area (Å²) in [4.78, 5) is 0. The van der Waals surface area contributed by atoms with E-state index in [0.717, 1.165) is 18.7 Å². The molecule has 0 spiro atoms. The highest BCUT2D eigenvalue weighted by atomic mass is 35.5. The molecule has 0 aliphatic carbocycles. The van der Waals surface area contributed by atoms with Gasteiger partial charge in [0.1, 0.15) is 5.75 Å². The Bertz CT molecular complexity index is 583. The van der Waals surface area contributed by atoms with Gasteiger partial charge in [-0.25, -0.2) is 0 Å². The predicted octanol–water partition coefficient (Wildman–Crippen LogP) is 4.95. The van der Waals surface area contributed by atoms with Gasteiger partial charge in [-0.1, -0.05) is 61.9 Å². The first-order valence-electron chi connectivity index (χ1n) is 8.04. The van der Waals surface area contributed by atoms with Crippen LogP contribution in [0.5, 0.6) is 5.75 Å². The van der Waals surface area contributed by atoms with Gasteiger partial charge in [0.25, 0.3) is 0 Å². The first kappa shape index (κ1) is 19.5. The highest BCUT2D eigenvalue weighted by Gasteiger charge is 2.18. The largest absolute Gasteiger partial charge is 0.496 e. The van der Waals surface area contributed by atoms with E-state index in [1.807, 2.05) is 0 Å². The van der Waals surface area contributed by atoms with Crippen molar-refractivity contribution >= 4 is 12.4 Å². The second-order valence-corrected chi connectivity index (χ2v) is 6.11. The number of rotatable bonds is 7. The normalized spacial score (nSPS) is 11.9. The molecule has 0 aliphatic heterocycles. The molecule has 2 rings (SSSR count). The summed E-state index contributed by atoms with van der Waals surface area (Å²) in [6.07, 6.45) is 1.06. The van der Waals surface area contributed by atoms with Gasteiger partial charge in [0.05, 0.1) is 7.11 Å². The van der Waals surface area contributed by atoms with Crippen LogP contribution >= 0.6 is 12.4 Å². The van der Waals surface area contributed by atoms with Crippen LogP contribution in [-0.2, 0) is 0 Å². The number of nitrogens with one attached hydrogen (secondary N) is 1. The van der Waals surface area contributed by atoms with Gasteiger partial charge >= 0.3 is 0 Å². The summed E-state index contributed by atoms with van der Waals surface area (Å²) in [6.45, 7) is 7.50. The second-order valence-electron chi connectivity index (χ2n) is 6.11. The van der Waals surface area contributed by atoms with E-state index in [2.05, 4.69) is 74.6 Å². The molecule has 0 fully saturated rings. The van der Waals surface area contributed by atoms with Crippen molar-refractivity contribution in [2.75, 3.05) is 13.7 Å². The van der Waals surface area contributed by atoms with Gasteiger partial charge in [0.15, 0.2) is 0 Å². The lowest BCUT2D eigenvalue weighted by atomic mass is 9.87. The van der Waals surface area contributed by atoms with Crippen molar-refractivity contribution in [1.29, 1.82) is 0 Å². The number of halogens is 1. The Balaban J connectivity index is 0.00000264. The zero-order valence-corrected chi connectivity index (χ0v) is 15.3. The minimum absolute atomic E-state index is 0. The Morgan fingerprint density at radius 2 is 1.74 bits per heavy atom. The zero-order chi connectivity index (χ0) is 15.9. The van der Waals surface area contributed by atoms with Gasteiger partial charge < -0.3 is 10.1 Å². The molecule has 0 bridgehead atoms. The molecule has 1 N–H and O–H groups in total. The highest BCUT2D eigenvalue weighted by Crippen LogP contribution is 2.34. The van der Waals surface area contributed by atoms with Crippen LogP contribution in [0.25, 0.3) is 0 Å². The molecule has 0 aliphatic rings. The van der Waals surface area contributed by atoms with E-state index in [0.29, 0.717) is 12.0 Å². The lowest BCUT2D eigenvalue weighted by Crippen LogP contribution is -2.25. The Morgan fingerprint density at radius 3 is 2.35 bits per heavy atom. The van der Waals surface area contributed by atoms with Crippen LogP contribution in [0.3, 0.4) is 0 Å². The van der Waals surface area contributed by atoms with E-state index in [4.69, 9.17) is 4.74 Å². The molecular weight excluding hydrogens is 306 g/mol. The van der Waals surface area contributed by atoms with Crippen LogP contribution in [0.2, 0.25) is 0 Å².